The Bertz CT molecular complexity index is 1140. The van der Waals surface area contributed by atoms with Crippen molar-refractivity contribution >= 4 is 39.2 Å². The number of nitrogens with two attached hydrogens (primary N) is 1. The molecule has 0 saturated carbocycles. The van der Waals surface area contributed by atoms with Crippen molar-refractivity contribution < 1.29 is 9.53 Å². The van der Waals surface area contributed by atoms with Crippen molar-refractivity contribution in [1.29, 1.82) is 0 Å². The molecule has 29 heavy (non-hydrogen) atoms. The Morgan fingerprint density at radius 3 is 2.86 bits per heavy atom. The average molecular weight is 430 g/mol. The maximum absolute atomic E-state index is 13.7. The summed E-state index contributed by atoms with van der Waals surface area (Å²) in [5, 5.41) is 0.679. The lowest BCUT2D eigenvalue weighted by Gasteiger charge is -2.15. The van der Waals surface area contributed by atoms with Crippen molar-refractivity contribution in [1.82, 2.24) is 9.55 Å². The minimum Gasteiger partial charge on any atom is -0.497 e. The average Bonchev–Trinajstić information content (AvgIpc) is 2.89. The van der Waals surface area contributed by atoms with E-state index in [1.807, 2.05) is 18.2 Å². The fourth-order valence-corrected chi connectivity index (χ4v) is 5.82. The Labute approximate surface area is 177 Å². The molecule has 0 fully saturated rings. The van der Waals surface area contributed by atoms with Crippen LogP contribution in [0.25, 0.3) is 15.9 Å². The maximum atomic E-state index is 13.7. The SMILES string of the molecule is COc1cccc(-n2c(S[C@@H](C)C(N)=O)nc3sc4c(c3c2=O)CCCCC4)c1. The Morgan fingerprint density at radius 1 is 1.31 bits per heavy atom. The van der Waals surface area contributed by atoms with Crippen LogP contribution >= 0.6 is 23.1 Å². The Morgan fingerprint density at radius 2 is 2.10 bits per heavy atom. The third-order valence-electron chi connectivity index (χ3n) is 5.20. The summed E-state index contributed by atoms with van der Waals surface area (Å²) in [5.41, 5.74) is 7.19. The summed E-state index contributed by atoms with van der Waals surface area (Å²) >= 11 is 2.82. The topological polar surface area (TPSA) is 87.2 Å². The lowest BCUT2D eigenvalue weighted by atomic mass is 10.1. The number of hydrogen-bond donors (Lipinski definition) is 1. The number of rotatable bonds is 5. The van der Waals surface area contributed by atoms with Crippen LogP contribution in [0.2, 0.25) is 0 Å². The Hall–Kier alpha value is -2.32. The third-order valence-corrected chi connectivity index (χ3v) is 7.46. The van der Waals surface area contributed by atoms with E-state index in [1.165, 1.54) is 23.1 Å². The van der Waals surface area contributed by atoms with Gasteiger partial charge in [0.05, 0.1) is 23.4 Å². The van der Waals surface area contributed by atoms with Gasteiger partial charge in [-0.05, 0) is 50.3 Å². The number of carbonyl (C=O) groups excluding carboxylic acids is 1. The van der Waals surface area contributed by atoms with Gasteiger partial charge in [0.2, 0.25) is 5.91 Å². The molecule has 4 rings (SSSR count). The first-order valence-corrected chi connectivity index (χ1v) is 11.4. The molecular weight excluding hydrogens is 406 g/mol. The van der Waals surface area contributed by atoms with Crippen molar-refractivity contribution in [2.45, 2.75) is 49.4 Å². The van der Waals surface area contributed by atoms with Gasteiger partial charge in [-0.2, -0.15) is 0 Å². The molecule has 0 saturated heterocycles. The summed E-state index contributed by atoms with van der Waals surface area (Å²) in [6.07, 6.45) is 5.32. The van der Waals surface area contributed by atoms with Gasteiger partial charge in [0.1, 0.15) is 10.6 Å². The van der Waals surface area contributed by atoms with Gasteiger partial charge in [0.25, 0.3) is 5.56 Å². The van der Waals surface area contributed by atoms with E-state index in [0.717, 1.165) is 36.1 Å². The number of benzene rings is 1. The van der Waals surface area contributed by atoms with E-state index in [2.05, 4.69) is 0 Å². The molecule has 3 aromatic rings. The first-order valence-electron chi connectivity index (χ1n) is 9.67. The standard InChI is InChI=1S/C21H23N3O3S2/c1-12(18(22)25)28-21-23-19-17(15-9-4-3-5-10-16(15)29-19)20(26)24(21)13-7-6-8-14(11-13)27-2/h6-8,11-12H,3-5,9-10H2,1-2H3,(H2,22,25)/t12-/m0/s1. The molecule has 1 aromatic carbocycles. The largest absolute Gasteiger partial charge is 0.497 e. The molecule has 1 amide bonds. The fraction of sp³-hybridized carbons (Fsp3) is 0.381. The second-order valence-electron chi connectivity index (χ2n) is 7.14. The number of thiophene rings is 1. The van der Waals surface area contributed by atoms with E-state index in [9.17, 15) is 9.59 Å². The number of methoxy groups -OCH3 is 1. The summed E-state index contributed by atoms with van der Waals surface area (Å²) in [4.78, 5) is 32.2. The Balaban J connectivity index is 1.98. The number of carbonyl (C=O) groups is 1. The second-order valence-corrected chi connectivity index (χ2v) is 9.54. The lowest BCUT2D eigenvalue weighted by Crippen LogP contribution is -2.26. The third kappa shape index (κ3) is 3.79. The van der Waals surface area contributed by atoms with E-state index in [1.54, 1.807) is 36.0 Å². The zero-order valence-corrected chi connectivity index (χ0v) is 18.1. The van der Waals surface area contributed by atoms with E-state index in [4.69, 9.17) is 15.5 Å². The molecule has 2 N–H and O–H groups in total. The molecule has 2 heterocycles. The maximum Gasteiger partial charge on any atom is 0.267 e. The first kappa shape index (κ1) is 20.0. The van der Waals surface area contributed by atoms with Gasteiger partial charge < -0.3 is 10.5 Å². The number of fused-ring (bicyclic) bond motifs is 3. The van der Waals surface area contributed by atoms with Crippen LogP contribution in [0, 0.1) is 0 Å². The lowest BCUT2D eigenvalue weighted by molar-refractivity contribution is -0.117. The monoisotopic (exact) mass is 429 g/mol. The highest BCUT2D eigenvalue weighted by Gasteiger charge is 2.24. The molecule has 1 aliphatic rings. The van der Waals surface area contributed by atoms with Crippen LogP contribution < -0.4 is 16.0 Å². The van der Waals surface area contributed by atoms with Crippen molar-refractivity contribution in [2.75, 3.05) is 7.11 Å². The highest BCUT2D eigenvalue weighted by molar-refractivity contribution is 8.00. The summed E-state index contributed by atoms with van der Waals surface area (Å²) in [6, 6.07) is 7.32. The molecular formula is C21H23N3O3S2. The number of ether oxygens (including phenoxy) is 1. The van der Waals surface area contributed by atoms with Gasteiger partial charge >= 0.3 is 0 Å². The number of nitrogens with zero attached hydrogens (tertiary/aromatic N) is 2. The van der Waals surface area contributed by atoms with Gasteiger partial charge in [0, 0.05) is 10.9 Å². The fourth-order valence-electron chi connectivity index (χ4n) is 3.64. The minimum atomic E-state index is -0.506. The molecule has 0 aliphatic heterocycles. The van der Waals surface area contributed by atoms with Gasteiger partial charge in [0.15, 0.2) is 5.16 Å². The number of aromatic nitrogens is 2. The summed E-state index contributed by atoms with van der Waals surface area (Å²) in [6.45, 7) is 1.73. The van der Waals surface area contributed by atoms with Crippen molar-refractivity contribution in [3.8, 4) is 11.4 Å². The van der Waals surface area contributed by atoms with Crippen molar-refractivity contribution in [3.63, 3.8) is 0 Å². The zero-order chi connectivity index (χ0) is 20.5. The molecule has 2 aromatic heterocycles. The van der Waals surface area contributed by atoms with Crippen molar-refractivity contribution in [2.24, 2.45) is 5.73 Å². The van der Waals surface area contributed by atoms with Crippen molar-refractivity contribution in [3.05, 3.63) is 45.1 Å². The molecule has 6 nitrogen and oxygen atoms in total. The summed E-state index contributed by atoms with van der Waals surface area (Å²) in [7, 11) is 1.59. The predicted molar refractivity (Wildman–Crippen MR) is 118 cm³/mol. The van der Waals surface area contributed by atoms with Crippen LogP contribution in [-0.2, 0) is 17.6 Å². The highest BCUT2D eigenvalue weighted by atomic mass is 32.2. The van der Waals surface area contributed by atoms with Crippen LogP contribution in [-0.4, -0.2) is 27.8 Å². The molecule has 0 unspecified atom stereocenters. The smallest absolute Gasteiger partial charge is 0.267 e. The van der Waals surface area contributed by atoms with Crippen LogP contribution in [0.4, 0.5) is 0 Å². The number of amides is 1. The molecule has 1 aliphatic carbocycles. The van der Waals surface area contributed by atoms with E-state index >= 15 is 0 Å². The van der Waals surface area contributed by atoms with Crippen LogP contribution in [0.1, 0.15) is 36.6 Å². The second kappa shape index (κ2) is 8.20. The molecule has 1 atom stereocenters. The molecule has 0 spiro atoms. The van der Waals surface area contributed by atoms with Gasteiger partial charge in [-0.3, -0.25) is 14.2 Å². The van der Waals surface area contributed by atoms with E-state index in [-0.39, 0.29) is 5.56 Å². The molecule has 8 heteroatoms. The molecule has 152 valence electrons. The Kier molecular flexibility index (Phi) is 5.65. The van der Waals surface area contributed by atoms with Gasteiger partial charge in [-0.15, -0.1) is 11.3 Å². The summed E-state index contributed by atoms with van der Waals surface area (Å²) < 4.78 is 6.93. The van der Waals surface area contributed by atoms with Crippen LogP contribution in [0.5, 0.6) is 5.75 Å². The number of aryl methyl sites for hydroxylation is 2. The number of primary amides is 1. The first-order chi connectivity index (χ1) is 14.0. The van der Waals surface area contributed by atoms with Gasteiger partial charge in [-0.1, -0.05) is 24.2 Å². The van der Waals surface area contributed by atoms with Gasteiger partial charge in [-0.25, -0.2) is 4.98 Å². The minimum absolute atomic E-state index is 0.0955. The quantitative estimate of drug-likeness (QED) is 0.380. The molecule has 0 radical (unpaired) electrons. The number of thioether (sulfide) groups is 1. The zero-order valence-electron chi connectivity index (χ0n) is 16.4. The van der Waals surface area contributed by atoms with E-state index < -0.39 is 11.2 Å². The summed E-state index contributed by atoms with van der Waals surface area (Å²) in [5.74, 6) is 0.209. The van der Waals surface area contributed by atoms with E-state index in [0.29, 0.717) is 22.0 Å². The van der Waals surface area contributed by atoms with Crippen LogP contribution in [0.15, 0.2) is 34.2 Å². The molecule has 0 bridgehead atoms. The predicted octanol–water partition coefficient (Wildman–Crippen LogP) is 3.69. The normalized spacial score (nSPS) is 15.0. The van der Waals surface area contributed by atoms with Crippen LogP contribution in [0.3, 0.4) is 0 Å². The highest BCUT2D eigenvalue weighted by Crippen LogP contribution is 2.35. The number of hydrogen-bond acceptors (Lipinski definition) is 6.